The minimum atomic E-state index is -0.174. The van der Waals surface area contributed by atoms with Crippen molar-refractivity contribution in [3.63, 3.8) is 0 Å². The van der Waals surface area contributed by atoms with Crippen LogP contribution in [0.25, 0.3) is 27.6 Å². The third-order valence-electron chi connectivity index (χ3n) is 5.58. The van der Waals surface area contributed by atoms with E-state index in [2.05, 4.69) is 24.1 Å². The van der Waals surface area contributed by atoms with Crippen LogP contribution in [0.5, 0.6) is 0 Å². The van der Waals surface area contributed by atoms with Gasteiger partial charge in [0.1, 0.15) is 11.0 Å². The van der Waals surface area contributed by atoms with Crippen LogP contribution in [0.1, 0.15) is 26.7 Å². The summed E-state index contributed by atoms with van der Waals surface area (Å²) < 4.78 is 1.58. The molecule has 0 unspecified atom stereocenters. The topological polar surface area (TPSA) is 79.8 Å². The van der Waals surface area contributed by atoms with Crippen LogP contribution in [0, 0.1) is 5.92 Å². The van der Waals surface area contributed by atoms with Crippen molar-refractivity contribution in [2.24, 2.45) is 5.92 Å². The van der Waals surface area contributed by atoms with Crippen molar-refractivity contribution in [1.29, 1.82) is 0 Å². The summed E-state index contributed by atoms with van der Waals surface area (Å²) in [4.78, 5) is 33.9. The summed E-state index contributed by atoms with van der Waals surface area (Å²) >= 11 is 1.28. The first-order valence-corrected chi connectivity index (χ1v) is 11.6. The maximum atomic E-state index is 13.4. The normalized spacial score (nSPS) is 11.5. The van der Waals surface area contributed by atoms with Gasteiger partial charge < -0.3 is 10.3 Å². The van der Waals surface area contributed by atoms with Gasteiger partial charge in [0.05, 0.1) is 11.4 Å². The second-order valence-electron chi connectivity index (χ2n) is 7.54. The van der Waals surface area contributed by atoms with Crippen molar-refractivity contribution >= 4 is 39.6 Å². The standard InChI is InChI=1S/C24H26N4O2S/c1-3-16(4-2)14-25-20(29)15-31-24-27-21-18-12-8-9-13-19(18)26-22(21)23(30)28(24)17-10-6-5-7-11-17/h5-13,16,26H,3-4,14-15H2,1-2H3,(H,25,29). The molecule has 31 heavy (non-hydrogen) atoms. The first-order chi connectivity index (χ1) is 15.1. The highest BCUT2D eigenvalue weighted by molar-refractivity contribution is 7.99. The lowest BCUT2D eigenvalue weighted by atomic mass is 10.0. The Bertz CT molecular complexity index is 1260. The molecule has 0 radical (unpaired) electrons. The summed E-state index contributed by atoms with van der Waals surface area (Å²) in [6, 6.07) is 17.1. The number of nitrogens with zero attached hydrogens (tertiary/aromatic N) is 2. The molecule has 0 bridgehead atoms. The smallest absolute Gasteiger partial charge is 0.283 e. The number of carbonyl (C=O) groups excluding carboxylic acids is 1. The van der Waals surface area contributed by atoms with E-state index in [0.717, 1.165) is 29.4 Å². The van der Waals surface area contributed by atoms with E-state index in [1.165, 1.54) is 11.8 Å². The predicted molar refractivity (Wildman–Crippen MR) is 127 cm³/mol. The molecule has 4 aromatic rings. The van der Waals surface area contributed by atoms with Crippen molar-refractivity contribution < 1.29 is 4.79 Å². The summed E-state index contributed by atoms with van der Waals surface area (Å²) in [5.41, 5.74) is 2.51. The molecule has 0 aliphatic heterocycles. The molecule has 0 saturated carbocycles. The van der Waals surface area contributed by atoms with E-state index < -0.39 is 0 Å². The molecule has 6 nitrogen and oxygen atoms in total. The predicted octanol–water partition coefficient (Wildman–Crippen LogP) is 4.51. The fourth-order valence-electron chi connectivity index (χ4n) is 3.66. The Kier molecular flexibility index (Phi) is 6.42. The molecule has 0 fully saturated rings. The van der Waals surface area contributed by atoms with Gasteiger partial charge >= 0.3 is 0 Å². The fraction of sp³-hybridized carbons (Fsp3) is 0.292. The van der Waals surface area contributed by atoms with Gasteiger partial charge in [-0.3, -0.25) is 14.2 Å². The Morgan fingerprint density at radius 1 is 1.10 bits per heavy atom. The number of hydrogen-bond acceptors (Lipinski definition) is 4. The first kappa shape index (κ1) is 21.2. The third-order valence-corrected chi connectivity index (χ3v) is 6.52. The van der Waals surface area contributed by atoms with E-state index in [1.807, 2.05) is 54.6 Å². The maximum Gasteiger partial charge on any atom is 0.283 e. The van der Waals surface area contributed by atoms with E-state index in [0.29, 0.717) is 28.7 Å². The number of aromatic nitrogens is 3. The quantitative estimate of drug-likeness (QED) is 0.316. The van der Waals surface area contributed by atoms with E-state index in [4.69, 9.17) is 4.98 Å². The minimum Gasteiger partial charge on any atom is -0.355 e. The van der Waals surface area contributed by atoms with Crippen molar-refractivity contribution in [2.45, 2.75) is 31.8 Å². The van der Waals surface area contributed by atoms with Crippen LogP contribution >= 0.6 is 11.8 Å². The SMILES string of the molecule is CCC(CC)CNC(=O)CSc1nc2c([nH]c3ccccc32)c(=O)n1-c1ccccc1. The second-order valence-corrected chi connectivity index (χ2v) is 8.48. The zero-order valence-electron chi connectivity index (χ0n) is 17.7. The number of amides is 1. The van der Waals surface area contributed by atoms with Crippen molar-refractivity contribution in [3.8, 4) is 5.69 Å². The summed E-state index contributed by atoms with van der Waals surface area (Å²) in [5.74, 6) is 0.634. The second kappa shape index (κ2) is 9.39. The van der Waals surface area contributed by atoms with Crippen LogP contribution in [0.3, 0.4) is 0 Å². The van der Waals surface area contributed by atoms with Gasteiger partial charge in [-0.15, -0.1) is 0 Å². The number of aromatic amines is 1. The monoisotopic (exact) mass is 434 g/mol. The molecule has 2 heterocycles. The van der Waals surface area contributed by atoms with Gasteiger partial charge in [-0.2, -0.15) is 0 Å². The van der Waals surface area contributed by atoms with Crippen LogP contribution in [0.2, 0.25) is 0 Å². The minimum absolute atomic E-state index is 0.0511. The van der Waals surface area contributed by atoms with Gasteiger partial charge in [0.2, 0.25) is 5.91 Å². The molecule has 2 aromatic heterocycles. The Morgan fingerprint density at radius 3 is 2.55 bits per heavy atom. The highest BCUT2D eigenvalue weighted by Gasteiger charge is 2.18. The Balaban J connectivity index is 1.71. The van der Waals surface area contributed by atoms with Crippen molar-refractivity contribution in [1.82, 2.24) is 19.9 Å². The lowest BCUT2D eigenvalue weighted by molar-refractivity contribution is -0.118. The highest BCUT2D eigenvalue weighted by atomic mass is 32.2. The lowest BCUT2D eigenvalue weighted by Crippen LogP contribution is -2.30. The summed E-state index contributed by atoms with van der Waals surface area (Å²) in [6.07, 6.45) is 2.08. The number of benzene rings is 2. The molecule has 4 rings (SSSR count). The molecule has 2 aromatic carbocycles. The number of para-hydroxylation sites is 2. The molecule has 160 valence electrons. The highest BCUT2D eigenvalue weighted by Crippen LogP contribution is 2.26. The van der Waals surface area contributed by atoms with Crippen molar-refractivity contribution in [2.75, 3.05) is 12.3 Å². The summed E-state index contributed by atoms with van der Waals surface area (Å²) in [7, 11) is 0. The number of H-pyrrole nitrogens is 1. The molecule has 0 aliphatic rings. The van der Waals surface area contributed by atoms with E-state index >= 15 is 0 Å². The maximum absolute atomic E-state index is 13.4. The van der Waals surface area contributed by atoms with Gasteiger partial charge in [0.15, 0.2) is 5.16 Å². The lowest BCUT2D eigenvalue weighted by Gasteiger charge is -2.14. The van der Waals surface area contributed by atoms with Crippen LogP contribution in [-0.2, 0) is 4.79 Å². The Hall–Kier alpha value is -3.06. The molecule has 1 amide bonds. The van der Waals surface area contributed by atoms with Gasteiger partial charge in [0, 0.05) is 17.4 Å². The summed E-state index contributed by atoms with van der Waals surface area (Å²) in [6.45, 7) is 4.94. The molecule has 2 N–H and O–H groups in total. The van der Waals surface area contributed by atoms with Crippen LogP contribution in [-0.4, -0.2) is 32.7 Å². The molecule has 0 spiro atoms. The van der Waals surface area contributed by atoms with E-state index in [1.54, 1.807) is 4.57 Å². The number of hydrogen-bond donors (Lipinski definition) is 2. The van der Waals surface area contributed by atoms with Crippen LogP contribution < -0.4 is 10.9 Å². The molecular formula is C24H26N4O2S. The zero-order chi connectivity index (χ0) is 21.8. The average molecular weight is 435 g/mol. The fourth-order valence-corrected chi connectivity index (χ4v) is 4.50. The average Bonchev–Trinajstić information content (AvgIpc) is 3.18. The summed E-state index contributed by atoms with van der Waals surface area (Å²) in [5, 5.41) is 4.41. The zero-order valence-corrected chi connectivity index (χ0v) is 18.5. The van der Waals surface area contributed by atoms with Crippen LogP contribution in [0.4, 0.5) is 0 Å². The molecular weight excluding hydrogens is 408 g/mol. The van der Waals surface area contributed by atoms with Gasteiger partial charge in [-0.1, -0.05) is 74.8 Å². The third kappa shape index (κ3) is 4.37. The van der Waals surface area contributed by atoms with Gasteiger partial charge in [-0.25, -0.2) is 4.98 Å². The number of thioether (sulfide) groups is 1. The molecule has 0 aliphatic carbocycles. The Morgan fingerprint density at radius 2 is 1.81 bits per heavy atom. The largest absolute Gasteiger partial charge is 0.355 e. The van der Waals surface area contributed by atoms with E-state index in [9.17, 15) is 9.59 Å². The number of carbonyl (C=O) groups is 1. The number of fused-ring (bicyclic) bond motifs is 3. The molecule has 0 atom stereocenters. The Labute approximate surface area is 185 Å². The van der Waals surface area contributed by atoms with Gasteiger partial charge in [0.25, 0.3) is 5.56 Å². The van der Waals surface area contributed by atoms with Crippen LogP contribution in [0.15, 0.2) is 64.5 Å². The van der Waals surface area contributed by atoms with Crippen molar-refractivity contribution in [3.05, 3.63) is 65.0 Å². The molecule has 7 heteroatoms. The van der Waals surface area contributed by atoms with E-state index in [-0.39, 0.29) is 17.2 Å². The van der Waals surface area contributed by atoms with Gasteiger partial charge in [-0.05, 0) is 24.1 Å². The first-order valence-electron chi connectivity index (χ1n) is 10.6. The number of rotatable bonds is 8. The molecule has 0 saturated heterocycles. The number of nitrogens with one attached hydrogen (secondary N) is 2.